The van der Waals surface area contributed by atoms with E-state index in [0.29, 0.717) is 12.5 Å². The van der Waals surface area contributed by atoms with Crippen LogP contribution in [-0.4, -0.2) is 36.0 Å². The molecule has 0 radical (unpaired) electrons. The molecule has 0 saturated carbocycles. The molecule has 1 aromatic rings. The third-order valence-electron chi connectivity index (χ3n) is 4.18. The van der Waals surface area contributed by atoms with Crippen LogP contribution in [0.5, 0.6) is 5.75 Å². The molecule has 4 nitrogen and oxygen atoms in total. The minimum atomic E-state index is -0.478. The van der Waals surface area contributed by atoms with E-state index in [4.69, 9.17) is 10.5 Å². The maximum Gasteiger partial charge on any atom is 0.263 e. The van der Waals surface area contributed by atoms with Gasteiger partial charge in [0.15, 0.2) is 6.10 Å². The van der Waals surface area contributed by atoms with Crippen LogP contribution in [0.3, 0.4) is 0 Å². The highest BCUT2D eigenvalue weighted by molar-refractivity contribution is 5.85. The second kappa shape index (κ2) is 8.39. The molecule has 5 heteroatoms. The number of rotatable bonds is 4. The molecule has 124 valence electrons. The Morgan fingerprint density at radius 2 is 2.23 bits per heavy atom. The van der Waals surface area contributed by atoms with Crippen LogP contribution in [0.15, 0.2) is 24.3 Å². The first-order valence-corrected chi connectivity index (χ1v) is 7.75. The summed E-state index contributed by atoms with van der Waals surface area (Å²) >= 11 is 0. The van der Waals surface area contributed by atoms with Crippen molar-refractivity contribution >= 4 is 18.3 Å². The molecule has 1 amide bonds. The predicted molar refractivity (Wildman–Crippen MR) is 91.5 cm³/mol. The summed E-state index contributed by atoms with van der Waals surface area (Å²) in [5.74, 6) is 1.42. The second-order valence-corrected chi connectivity index (χ2v) is 6.13. The van der Waals surface area contributed by atoms with Crippen molar-refractivity contribution in [2.45, 2.75) is 45.8 Å². The highest BCUT2D eigenvalue weighted by Crippen LogP contribution is 2.23. The van der Waals surface area contributed by atoms with Crippen LogP contribution in [-0.2, 0) is 4.79 Å². The van der Waals surface area contributed by atoms with Gasteiger partial charge in [0.05, 0.1) is 0 Å². The molecule has 3 unspecified atom stereocenters. The summed E-state index contributed by atoms with van der Waals surface area (Å²) in [6.45, 7) is 7.35. The van der Waals surface area contributed by atoms with Gasteiger partial charge >= 0.3 is 0 Å². The lowest BCUT2D eigenvalue weighted by Gasteiger charge is -2.39. The van der Waals surface area contributed by atoms with Crippen molar-refractivity contribution in [2.24, 2.45) is 11.7 Å². The Balaban J connectivity index is 0.00000242. The standard InChI is InChI=1S/C17H26N2O2.ClH/c1-12-5-4-6-16(10-12)21-14(3)17(20)19-8-7-13(2)9-15(19)11-18;/h4-6,10,13-15H,7-9,11,18H2,1-3H3;1H. The van der Waals surface area contributed by atoms with Crippen LogP contribution >= 0.6 is 12.4 Å². The SMILES string of the molecule is Cc1cccc(OC(C)C(=O)N2CCC(C)CC2CN)c1.Cl. The van der Waals surface area contributed by atoms with E-state index in [1.165, 1.54) is 0 Å². The number of ether oxygens (including phenoxy) is 1. The van der Waals surface area contributed by atoms with Crippen molar-refractivity contribution in [1.29, 1.82) is 0 Å². The minimum Gasteiger partial charge on any atom is -0.481 e. The maximum atomic E-state index is 12.6. The quantitative estimate of drug-likeness (QED) is 0.925. The summed E-state index contributed by atoms with van der Waals surface area (Å²) in [5.41, 5.74) is 6.96. The average Bonchev–Trinajstić information content (AvgIpc) is 2.46. The molecule has 1 aliphatic heterocycles. The lowest BCUT2D eigenvalue weighted by molar-refractivity contribution is -0.142. The molecule has 1 fully saturated rings. The number of hydrogen-bond donors (Lipinski definition) is 1. The number of aryl methyl sites for hydroxylation is 1. The topological polar surface area (TPSA) is 55.6 Å². The molecular formula is C17H27ClN2O2. The number of hydrogen-bond acceptors (Lipinski definition) is 3. The van der Waals surface area contributed by atoms with E-state index in [9.17, 15) is 4.79 Å². The summed E-state index contributed by atoms with van der Waals surface area (Å²) < 4.78 is 5.80. The van der Waals surface area contributed by atoms with Crippen LogP contribution in [0, 0.1) is 12.8 Å². The van der Waals surface area contributed by atoms with Crippen LogP contribution in [0.1, 0.15) is 32.3 Å². The van der Waals surface area contributed by atoms with Crippen molar-refractivity contribution in [1.82, 2.24) is 4.90 Å². The number of nitrogens with two attached hydrogens (primary N) is 1. The van der Waals surface area contributed by atoms with E-state index in [0.717, 1.165) is 30.7 Å². The number of piperidine rings is 1. The molecule has 22 heavy (non-hydrogen) atoms. The molecule has 1 aliphatic rings. The Morgan fingerprint density at radius 3 is 2.86 bits per heavy atom. The van der Waals surface area contributed by atoms with Gasteiger partial charge in [0.25, 0.3) is 5.91 Å². The van der Waals surface area contributed by atoms with Crippen LogP contribution in [0.4, 0.5) is 0 Å². The molecule has 0 aromatic heterocycles. The molecule has 0 spiro atoms. The fraction of sp³-hybridized carbons (Fsp3) is 0.588. The number of carbonyl (C=O) groups is 1. The second-order valence-electron chi connectivity index (χ2n) is 6.13. The molecule has 0 aliphatic carbocycles. The van der Waals surface area contributed by atoms with Gasteiger partial charge in [-0.15, -0.1) is 12.4 Å². The van der Waals surface area contributed by atoms with Gasteiger partial charge in [-0.05, 0) is 50.3 Å². The Morgan fingerprint density at radius 1 is 1.50 bits per heavy atom. The first-order valence-electron chi connectivity index (χ1n) is 7.75. The van der Waals surface area contributed by atoms with Gasteiger partial charge in [-0.3, -0.25) is 4.79 Å². The number of benzene rings is 1. The van der Waals surface area contributed by atoms with Gasteiger partial charge in [-0.2, -0.15) is 0 Å². The molecule has 1 saturated heterocycles. The van der Waals surface area contributed by atoms with E-state index in [-0.39, 0.29) is 24.4 Å². The van der Waals surface area contributed by atoms with Crippen molar-refractivity contribution in [3.8, 4) is 5.75 Å². The van der Waals surface area contributed by atoms with Crippen molar-refractivity contribution in [2.75, 3.05) is 13.1 Å². The first-order chi connectivity index (χ1) is 10.0. The first kappa shape index (κ1) is 18.8. The fourth-order valence-corrected chi connectivity index (χ4v) is 2.94. The summed E-state index contributed by atoms with van der Waals surface area (Å²) in [6, 6.07) is 7.92. The summed E-state index contributed by atoms with van der Waals surface area (Å²) in [6.07, 6.45) is 1.55. The van der Waals surface area contributed by atoms with Crippen molar-refractivity contribution in [3.63, 3.8) is 0 Å². The Bertz CT molecular complexity index is 495. The third kappa shape index (κ3) is 4.62. The van der Waals surface area contributed by atoms with Crippen LogP contribution < -0.4 is 10.5 Å². The van der Waals surface area contributed by atoms with Gasteiger partial charge in [-0.1, -0.05) is 19.1 Å². The smallest absolute Gasteiger partial charge is 0.263 e. The molecular weight excluding hydrogens is 300 g/mol. The van der Waals surface area contributed by atoms with E-state index in [1.54, 1.807) is 0 Å². The Kier molecular flexibility index (Phi) is 7.17. The Hall–Kier alpha value is -1.26. The molecule has 2 N–H and O–H groups in total. The van der Waals surface area contributed by atoms with Gasteiger partial charge in [0, 0.05) is 19.1 Å². The highest BCUT2D eigenvalue weighted by atomic mass is 35.5. The zero-order valence-electron chi connectivity index (χ0n) is 13.6. The molecule has 3 atom stereocenters. The number of amides is 1. The fourth-order valence-electron chi connectivity index (χ4n) is 2.94. The van der Waals surface area contributed by atoms with Gasteiger partial charge < -0.3 is 15.4 Å². The number of nitrogens with zero attached hydrogens (tertiary/aromatic N) is 1. The van der Waals surface area contributed by atoms with E-state index < -0.39 is 6.10 Å². The minimum absolute atomic E-state index is 0. The average molecular weight is 327 g/mol. The lowest BCUT2D eigenvalue weighted by atomic mass is 9.92. The number of likely N-dealkylation sites (tertiary alicyclic amines) is 1. The van der Waals surface area contributed by atoms with Crippen molar-refractivity contribution in [3.05, 3.63) is 29.8 Å². The zero-order valence-corrected chi connectivity index (χ0v) is 14.4. The van der Waals surface area contributed by atoms with E-state index in [2.05, 4.69) is 6.92 Å². The molecule has 2 rings (SSSR count). The third-order valence-corrected chi connectivity index (χ3v) is 4.18. The van der Waals surface area contributed by atoms with Crippen LogP contribution in [0.2, 0.25) is 0 Å². The molecule has 1 aromatic carbocycles. The predicted octanol–water partition coefficient (Wildman–Crippen LogP) is 2.77. The number of carbonyl (C=O) groups excluding carboxylic acids is 1. The summed E-state index contributed by atoms with van der Waals surface area (Å²) in [7, 11) is 0. The zero-order chi connectivity index (χ0) is 15.4. The highest BCUT2D eigenvalue weighted by Gasteiger charge is 2.32. The molecule has 1 heterocycles. The Labute approximate surface area is 139 Å². The normalized spacial score (nSPS) is 22.6. The van der Waals surface area contributed by atoms with Crippen molar-refractivity contribution < 1.29 is 9.53 Å². The molecule has 0 bridgehead atoms. The van der Waals surface area contributed by atoms with Gasteiger partial charge in [0.2, 0.25) is 0 Å². The van der Waals surface area contributed by atoms with Gasteiger partial charge in [-0.25, -0.2) is 0 Å². The number of halogens is 1. The largest absolute Gasteiger partial charge is 0.481 e. The van der Waals surface area contributed by atoms with Gasteiger partial charge in [0.1, 0.15) is 5.75 Å². The summed E-state index contributed by atoms with van der Waals surface area (Å²) in [4.78, 5) is 14.5. The van der Waals surface area contributed by atoms with Crippen LogP contribution in [0.25, 0.3) is 0 Å². The lowest BCUT2D eigenvalue weighted by Crippen LogP contribution is -2.52. The van der Waals surface area contributed by atoms with E-state index in [1.807, 2.05) is 43.0 Å². The maximum absolute atomic E-state index is 12.6. The summed E-state index contributed by atoms with van der Waals surface area (Å²) in [5, 5.41) is 0. The van der Waals surface area contributed by atoms with E-state index >= 15 is 0 Å². The monoisotopic (exact) mass is 326 g/mol.